The molecule has 0 saturated carbocycles. The molecule has 1 aliphatic heterocycles. The number of carbonyl (C=O) groups is 2. The molecule has 0 aliphatic carbocycles. The van der Waals surface area contributed by atoms with E-state index >= 15 is 0 Å². The average molecular weight is 342 g/mol. The molecule has 1 atom stereocenters. The second-order valence-corrected chi connectivity index (χ2v) is 6.10. The van der Waals surface area contributed by atoms with Gasteiger partial charge in [0, 0.05) is 24.7 Å². The molecular weight excluding hydrogens is 323 g/mol. The highest BCUT2D eigenvalue weighted by Gasteiger charge is 2.23. The molecule has 1 fully saturated rings. The molecule has 1 aliphatic rings. The first-order chi connectivity index (χ1) is 12.0. The SMILES string of the molecule is O=C(O)c1cccc(C(=O)NC2CCCN(c3ccccc3F)C2)c1. The van der Waals surface area contributed by atoms with E-state index < -0.39 is 5.97 Å². The third-order valence-corrected chi connectivity index (χ3v) is 4.32. The van der Waals surface area contributed by atoms with Gasteiger partial charge in [0.2, 0.25) is 0 Å². The van der Waals surface area contributed by atoms with Crippen LogP contribution in [0.15, 0.2) is 48.5 Å². The van der Waals surface area contributed by atoms with E-state index in [1.807, 2.05) is 4.90 Å². The van der Waals surface area contributed by atoms with Gasteiger partial charge in [0.1, 0.15) is 5.82 Å². The maximum Gasteiger partial charge on any atom is 0.335 e. The normalized spacial score (nSPS) is 17.2. The van der Waals surface area contributed by atoms with Crippen LogP contribution in [0.1, 0.15) is 33.6 Å². The smallest absolute Gasteiger partial charge is 0.335 e. The van der Waals surface area contributed by atoms with Crippen LogP contribution < -0.4 is 10.2 Å². The van der Waals surface area contributed by atoms with Crippen LogP contribution in [-0.4, -0.2) is 36.1 Å². The number of carboxylic acids is 1. The first kappa shape index (κ1) is 17.0. The van der Waals surface area contributed by atoms with Crippen molar-refractivity contribution in [1.29, 1.82) is 0 Å². The van der Waals surface area contributed by atoms with Crippen molar-refractivity contribution in [3.8, 4) is 0 Å². The lowest BCUT2D eigenvalue weighted by Crippen LogP contribution is -2.48. The molecule has 0 aromatic heterocycles. The molecule has 6 heteroatoms. The fourth-order valence-corrected chi connectivity index (χ4v) is 3.08. The van der Waals surface area contributed by atoms with Gasteiger partial charge in [0.05, 0.1) is 11.3 Å². The van der Waals surface area contributed by atoms with Crippen LogP contribution in [-0.2, 0) is 0 Å². The van der Waals surface area contributed by atoms with Gasteiger partial charge in [0.15, 0.2) is 0 Å². The third kappa shape index (κ3) is 3.96. The van der Waals surface area contributed by atoms with Crippen molar-refractivity contribution in [3.63, 3.8) is 0 Å². The Bertz CT molecular complexity index is 794. The lowest BCUT2D eigenvalue weighted by Gasteiger charge is -2.35. The number of aromatic carboxylic acids is 1. The van der Waals surface area contributed by atoms with Crippen molar-refractivity contribution in [2.45, 2.75) is 18.9 Å². The molecule has 1 amide bonds. The zero-order valence-corrected chi connectivity index (χ0v) is 13.6. The maximum absolute atomic E-state index is 14.0. The number of benzene rings is 2. The summed E-state index contributed by atoms with van der Waals surface area (Å²) in [5.41, 5.74) is 0.918. The number of nitrogens with one attached hydrogen (secondary N) is 1. The minimum absolute atomic E-state index is 0.0734. The van der Waals surface area contributed by atoms with Gasteiger partial charge in [-0.15, -0.1) is 0 Å². The van der Waals surface area contributed by atoms with Crippen LogP contribution in [0.2, 0.25) is 0 Å². The summed E-state index contributed by atoms with van der Waals surface area (Å²) in [7, 11) is 0. The fraction of sp³-hybridized carbons (Fsp3) is 0.263. The van der Waals surface area contributed by atoms with Crippen molar-refractivity contribution < 1.29 is 19.1 Å². The van der Waals surface area contributed by atoms with Crippen molar-refractivity contribution in [3.05, 3.63) is 65.5 Å². The summed E-state index contributed by atoms with van der Waals surface area (Å²) in [5.74, 6) is -1.66. The molecule has 25 heavy (non-hydrogen) atoms. The number of hydrogen-bond donors (Lipinski definition) is 2. The number of carboxylic acid groups (broad SMARTS) is 1. The monoisotopic (exact) mass is 342 g/mol. The molecule has 0 bridgehead atoms. The molecule has 2 aromatic rings. The van der Waals surface area contributed by atoms with Gasteiger partial charge >= 0.3 is 5.97 Å². The van der Waals surface area contributed by atoms with E-state index in [1.165, 1.54) is 18.2 Å². The highest BCUT2D eigenvalue weighted by molar-refractivity contribution is 5.97. The molecular formula is C19H19FN2O3. The lowest BCUT2D eigenvalue weighted by molar-refractivity contribution is 0.0697. The number of carbonyl (C=O) groups excluding carboxylic acids is 1. The number of nitrogens with zero attached hydrogens (tertiary/aromatic N) is 1. The standard InChI is InChI=1S/C19H19FN2O3/c20-16-8-1-2-9-17(16)22-10-4-7-15(12-22)21-18(23)13-5-3-6-14(11-13)19(24)25/h1-3,5-6,8-9,11,15H,4,7,10,12H2,(H,21,23)(H,24,25). The van der Waals surface area contributed by atoms with Gasteiger partial charge in [-0.25, -0.2) is 9.18 Å². The van der Waals surface area contributed by atoms with Crippen LogP contribution in [0.4, 0.5) is 10.1 Å². The minimum atomic E-state index is -1.07. The second-order valence-electron chi connectivity index (χ2n) is 6.10. The van der Waals surface area contributed by atoms with Gasteiger partial charge < -0.3 is 15.3 Å². The Labute approximate surface area is 145 Å². The van der Waals surface area contributed by atoms with Crippen LogP contribution >= 0.6 is 0 Å². The third-order valence-electron chi connectivity index (χ3n) is 4.32. The molecule has 2 N–H and O–H groups in total. The summed E-state index contributed by atoms with van der Waals surface area (Å²) < 4.78 is 14.0. The van der Waals surface area contributed by atoms with Crippen LogP contribution in [0.3, 0.4) is 0 Å². The zero-order valence-electron chi connectivity index (χ0n) is 13.6. The van der Waals surface area contributed by atoms with E-state index in [0.717, 1.165) is 19.4 Å². The number of rotatable bonds is 4. The molecule has 0 spiro atoms. The first-order valence-electron chi connectivity index (χ1n) is 8.18. The zero-order chi connectivity index (χ0) is 17.8. The molecule has 1 saturated heterocycles. The van der Waals surface area contributed by atoms with Gasteiger partial charge in [-0.2, -0.15) is 0 Å². The van der Waals surface area contributed by atoms with Crippen molar-refractivity contribution in [2.24, 2.45) is 0 Å². The second kappa shape index (κ2) is 7.34. The predicted octanol–water partition coefficient (Wildman–Crippen LogP) is 2.92. The van der Waals surface area contributed by atoms with Crippen molar-refractivity contribution in [1.82, 2.24) is 5.32 Å². The Morgan fingerprint density at radius 1 is 1.12 bits per heavy atom. The number of anilines is 1. The molecule has 1 unspecified atom stereocenters. The molecule has 130 valence electrons. The number of piperidine rings is 1. The Balaban J connectivity index is 1.68. The van der Waals surface area contributed by atoms with E-state index in [-0.39, 0.29) is 23.3 Å². The summed E-state index contributed by atoms with van der Waals surface area (Å²) in [6, 6.07) is 12.4. The number of amides is 1. The summed E-state index contributed by atoms with van der Waals surface area (Å²) in [5, 5.41) is 11.9. The molecule has 0 radical (unpaired) electrons. The topological polar surface area (TPSA) is 69.6 Å². The summed E-state index contributed by atoms with van der Waals surface area (Å²) in [4.78, 5) is 25.4. The van der Waals surface area contributed by atoms with Crippen molar-refractivity contribution >= 4 is 17.6 Å². The molecule has 1 heterocycles. The first-order valence-corrected chi connectivity index (χ1v) is 8.18. The van der Waals surface area contributed by atoms with Crippen LogP contribution in [0.25, 0.3) is 0 Å². The summed E-state index contributed by atoms with van der Waals surface area (Å²) in [6.45, 7) is 1.26. The number of para-hydroxylation sites is 1. The van der Waals surface area contributed by atoms with E-state index in [1.54, 1.807) is 30.3 Å². The Hall–Kier alpha value is -2.89. The lowest BCUT2D eigenvalue weighted by atomic mass is 10.0. The van der Waals surface area contributed by atoms with Gasteiger partial charge in [0.25, 0.3) is 5.91 Å². The fourth-order valence-electron chi connectivity index (χ4n) is 3.08. The Kier molecular flexibility index (Phi) is 4.97. The summed E-state index contributed by atoms with van der Waals surface area (Å²) in [6.07, 6.45) is 1.64. The Morgan fingerprint density at radius 2 is 1.88 bits per heavy atom. The van der Waals surface area contributed by atoms with Gasteiger partial charge in [-0.1, -0.05) is 18.2 Å². The van der Waals surface area contributed by atoms with E-state index in [2.05, 4.69) is 5.32 Å². The van der Waals surface area contributed by atoms with Crippen LogP contribution in [0.5, 0.6) is 0 Å². The molecule has 2 aromatic carbocycles. The molecule has 3 rings (SSSR count). The summed E-state index contributed by atoms with van der Waals surface area (Å²) >= 11 is 0. The largest absolute Gasteiger partial charge is 0.478 e. The van der Waals surface area contributed by atoms with Gasteiger partial charge in [-0.3, -0.25) is 4.79 Å². The van der Waals surface area contributed by atoms with E-state index in [0.29, 0.717) is 17.8 Å². The van der Waals surface area contributed by atoms with E-state index in [9.17, 15) is 14.0 Å². The minimum Gasteiger partial charge on any atom is -0.478 e. The van der Waals surface area contributed by atoms with Crippen LogP contribution in [0, 0.1) is 5.82 Å². The predicted molar refractivity (Wildman–Crippen MR) is 92.5 cm³/mol. The molecule has 5 nitrogen and oxygen atoms in total. The van der Waals surface area contributed by atoms with E-state index in [4.69, 9.17) is 5.11 Å². The quantitative estimate of drug-likeness (QED) is 0.896. The highest BCUT2D eigenvalue weighted by atomic mass is 19.1. The van der Waals surface area contributed by atoms with Gasteiger partial charge in [-0.05, 0) is 43.2 Å². The number of halogens is 1. The van der Waals surface area contributed by atoms with Crippen molar-refractivity contribution in [2.75, 3.05) is 18.0 Å². The number of hydrogen-bond acceptors (Lipinski definition) is 3. The maximum atomic E-state index is 14.0. The highest BCUT2D eigenvalue weighted by Crippen LogP contribution is 2.23. The Morgan fingerprint density at radius 3 is 2.64 bits per heavy atom. The average Bonchev–Trinajstić information content (AvgIpc) is 2.62.